The van der Waals surface area contributed by atoms with Crippen molar-refractivity contribution in [3.63, 3.8) is 0 Å². The number of halogens is 1. The molecule has 0 radical (unpaired) electrons. The van der Waals surface area contributed by atoms with Crippen molar-refractivity contribution in [3.8, 4) is 0 Å². The molecule has 0 amide bonds. The fraction of sp³-hybridized carbons (Fsp3) is 0.429. The van der Waals surface area contributed by atoms with Crippen LogP contribution in [0, 0.1) is 5.82 Å². The molecule has 1 heterocycles. The van der Waals surface area contributed by atoms with E-state index >= 15 is 0 Å². The van der Waals surface area contributed by atoms with Crippen molar-refractivity contribution >= 4 is 16.6 Å². The first-order valence-electron chi connectivity index (χ1n) is 6.00. The maximum atomic E-state index is 12.9. The molecule has 4 heteroatoms. The second-order valence-electron chi connectivity index (χ2n) is 5.42. The monoisotopic (exact) mass is 267 g/mol. The molecule has 1 aliphatic rings. The first-order valence-corrected chi connectivity index (χ1v) is 7.10. The Morgan fingerprint density at radius 1 is 1.22 bits per heavy atom. The molecule has 2 nitrogen and oxygen atoms in total. The maximum absolute atomic E-state index is 12.9. The van der Waals surface area contributed by atoms with Gasteiger partial charge in [0.1, 0.15) is 16.8 Å². The van der Waals surface area contributed by atoms with Gasteiger partial charge in [0.15, 0.2) is 0 Å². The van der Waals surface area contributed by atoms with Crippen molar-refractivity contribution in [2.45, 2.75) is 25.5 Å². The van der Waals surface area contributed by atoms with Gasteiger partial charge in [0, 0.05) is 13.1 Å². The highest BCUT2D eigenvalue weighted by Gasteiger charge is 2.28. The summed E-state index contributed by atoms with van der Waals surface area (Å²) in [7, 11) is -1.00. The molecule has 0 saturated carbocycles. The predicted molar refractivity (Wildman–Crippen MR) is 73.8 cm³/mol. The van der Waals surface area contributed by atoms with E-state index < -0.39 is 11.0 Å². The molecule has 2 rings (SSSR count). The first-order chi connectivity index (χ1) is 8.38. The van der Waals surface area contributed by atoms with Gasteiger partial charge in [-0.2, -0.15) is 0 Å². The Morgan fingerprint density at radius 3 is 2.39 bits per heavy atom. The van der Waals surface area contributed by atoms with Gasteiger partial charge in [-0.05, 0) is 44.0 Å². The van der Waals surface area contributed by atoms with Gasteiger partial charge in [-0.3, -0.25) is 0 Å². The number of nitrogens with zero attached hydrogens (tertiary/aromatic N) is 1. The molecule has 1 aromatic carbocycles. The van der Waals surface area contributed by atoms with E-state index in [1.807, 2.05) is 25.1 Å². The van der Waals surface area contributed by atoms with Crippen LogP contribution in [-0.4, -0.2) is 26.4 Å². The second-order valence-corrected chi connectivity index (χ2v) is 7.66. The smallest absolute Gasteiger partial charge is 0.123 e. The van der Waals surface area contributed by atoms with E-state index in [2.05, 4.69) is 6.08 Å². The fourth-order valence-electron chi connectivity index (χ4n) is 1.92. The second kappa shape index (κ2) is 4.94. The molecule has 0 bridgehead atoms. The van der Waals surface area contributed by atoms with Crippen LogP contribution >= 0.6 is 0 Å². The van der Waals surface area contributed by atoms with E-state index in [0.717, 1.165) is 11.1 Å². The summed E-state index contributed by atoms with van der Waals surface area (Å²) in [6.45, 7) is 7.27. The van der Waals surface area contributed by atoms with Crippen molar-refractivity contribution in [3.05, 3.63) is 41.7 Å². The molecule has 0 N–H and O–H groups in total. The van der Waals surface area contributed by atoms with Crippen LogP contribution in [0.2, 0.25) is 0 Å². The van der Waals surface area contributed by atoms with Crippen LogP contribution in [-0.2, 0) is 11.0 Å². The van der Waals surface area contributed by atoms with Gasteiger partial charge in [0.05, 0.1) is 4.75 Å². The summed E-state index contributed by atoms with van der Waals surface area (Å²) in [5, 5.41) is 0. The summed E-state index contributed by atoms with van der Waals surface area (Å²) in [6, 6.07) is 6.45. The molecule has 0 fully saturated rings. The van der Waals surface area contributed by atoms with Crippen molar-refractivity contribution in [2.24, 2.45) is 0 Å². The molecule has 18 heavy (non-hydrogen) atoms. The Hall–Kier alpha value is -1.00. The summed E-state index contributed by atoms with van der Waals surface area (Å²) >= 11 is 0. The lowest BCUT2D eigenvalue weighted by molar-refractivity contribution is 0.528. The summed E-state index contributed by atoms with van der Waals surface area (Å²) < 4.78 is 26.8. The number of benzene rings is 1. The van der Waals surface area contributed by atoms with Crippen molar-refractivity contribution in [1.82, 2.24) is 4.31 Å². The van der Waals surface area contributed by atoms with Crippen LogP contribution in [0.5, 0.6) is 0 Å². The van der Waals surface area contributed by atoms with Crippen LogP contribution in [0.25, 0.3) is 5.57 Å². The van der Waals surface area contributed by atoms with Gasteiger partial charge in [0.2, 0.25) is 0 Å². The molecule has 0 saturated heterocycles. The highest BCUT2D eigenvalue weighted by Crippen LogP contribution is 2.25. The number of hydrogen-bond donors (Lipinski definition) is 0. The van der Waals surface area contributed by atoms with Crippen molar-refractivity contribution in [2.75, 3.05) is 13.1 Å². The minimum absolute atomic E-state index is 0.229. The molecular weight excluding hydrogens is 249 g/mol. The molecule has 0 spiro atoms. The third-order valence-corrected chi connectivity index (χ3v) is 4.66. The summed E-state index contributed by atoms with van der Waals surface area (Å²) in [5.74, 6) is -0.229. The topological polar surface area (TPSA) is 20.3 Å². The minimum atomic E-state index is -1.00. The van der Waals surface area contributed by atoms with E-state index in [1.165, 1.54) is 12.1 Å². The Morgan fingerprint density at radius 2 is 1.83 bits per heavy atom. The third-order valence-electron chi connectivity index (χ3n) is 2.86. The molecule has 1 atom stereocenters. The molecule has 0 aromatic heterocycles. The predicted octanol–water partition coefficient (Wildman–Crippen LogP) is 2.99. The summed E-state index contributed by atoms with van der Waals surface area (Å²) in [6.07, 6.45) is 2.07. The summed E-state index contributed by atoms with van der Waals surface area (Å²) in [4.78, 5) is 0. The van der Waals surface area contributed by atoms with E-state index in [0.29, 0.717) is 13.1 Å². The van der Waals surface area contributed by atoms with Crippen LogP contribution in [0.15, 0.2) is 30.3 Å². The highest BCUT2D eigenvalue weighted by atomic mass is 32.2. The Labute approximate surface area is 110 Å². The average Bonchev–Trinajstić information content (AvgIpc) is 2.77. The van der Waals surface area contributed by atoms with Crippen molar-refractivity contribution < 1.29 is 8.60 Å². The first kappa shape index (κ1) is 13.4. The van der Waals surface area contributed by atoms with E-state index in [9.17, 15) is 8.60 Å². The lowest BCUT2D eigenvalue weighted by atomic mass is 10.1. The summed E-state index contributed by atoms with van der Waals surface area (Å²) in [5.41, 5.74) is 2.12. The Bertz CT molecular complexity index is 488. The number of rotatable bonds is 2. The third kappa shape index (κ3) is 2.87. The fourth-order valence-corrected chi connectivity index (χ4v) is 3.16. The van der Waals surface area contributed by atoms with Gasteiger partial charge in [-0.25, -0.2) is 12.9 Å². The van der Waals surface area contributed by atoms with Gasteiger partial charge < -0.3 is 0 Å². The number of hydrogen-bond acceptors (Lipinski definition) is 1. The Balaban J connectivity index is 2.08. The SMILES string of the molecule is CC(C)(C)S(=O)N1CC=C(c2ccc(F)cc2)C1. The van der Waals surface area contributed by atoms with Crippen LogP contribution in [0.1, 0.15) is 26.3 Å². The average molecular weight is 267 g/mol. The minimum Gasteiger partial charge on any atom is -0.242 e. The molecule has 98 valence electrons. The maximum Gasteiger partial charge on any atom is 0.123 e. The largest absolute Gasteiger partial charge is 0.242 e. The van der Waals surface area contributed by atoms with Gasteiger partial charge >= 0.3 is 0 Å². The molecule has 1 aromatic rings. The molecule has 1 aliphatic heterocycles. The van der Waals surface area contributed by atoms with Gasteiger partial charge in [0.25, 0.3) is 0 Å². The molecular formula is C14H18FNOS. The van der Waals surface area contributed by atoms with Gasteiger partial charge in [-0.1, -0.05) is 18.2 Å². The zero-order chi connectivity index (χ0) is 13.3. The lowest BCUT2D eigenvalue weighted by Crippen LogP contribution is -2.36. The standard InChI is InChI=1S/C14H18FNOS/c1-14(2,3)18(17)16-9-8-12(10-16)11-4-6-13(15)7-5-11/h4-8H,9-10H2,1-3H3. The zero-order valence-electron chi connectivity index (χ0n) is 10.9. The van der Waals surface area contributed by atoms with E-state index in [1.54, 1.807) is 12.1 Å². The highest BCUT2D eigenvalue weighted by molar-refractivity contribution is 7.84. The zero-order valence-corrected chi connectivity index (χ0v) is 11.8. The van der Waals surface area contributed by atoms with E-state index in [4.69, 9.17) is 0 Å². The van der Waals surface area contributed by atoms with Gasteiger partial charge in [-0.15, -0.1) is 0 Å². The van der Waals surface area contributed by atoms with Crippen molar-refractivity contribution in [1.29, 1.82) is 0 Å². The normalized spacial score (nSPS) is 18.8. The molecule has 1 unspecified atom stereocenters. The Kier molecular flexibility index (Phi) is 3.69. The lowest BCUT2D eigenvalue weighted by Gasteiger charge is -2.25. The molecule has 0 aliphatic carbocycles. The van der Waals surface area contributed by atoms with E-state index in [-0.39, 0.29) is 10.6 Å². The quantitative estimate of drug-likeness (QED) is 0.806. The van der Waals surface area contributed by atoms with Crippen LogP contribution < -0.4 is 0 Å². The van der Waals surface area contributed by atoms with Crippen LogP contribution in [0.3, 0.4) is 0 Å². The van der Waals surface area contributed by atoms with Crippen LogP contribution in [0.4, 0.5) is 4.39 Å².